The molecule has 0 aliphatic heterocycles. The third kappa shape index (κ3) is 4.03. The Morgan fingerprint density at radius 1 is 1.11 bits per heavy atom. The largest absolute Gasteiger partial charge is 0.393 e. The van der Waals surface area contributed by atoms with Crippen LogP contribution in [-0.2, 0) is 19.6 Å². The number of aromatic nitrogens is 4. The maximum absolute atomic E-state index is 13.1. The molecule has 1 atom stereocenters. The first-order valence-corrected chi connectivity index (χ1v) is 9.43. The van der Waals surface area contributed by atoms with E-state index >= 15 is 0 Å². The van der Waals surface area contributed by atoms with Gasteiger partial charge >= 0.3 is 5.69 Å². The molecule has 0 amide bonds. The van der Waals surface area contributed by atoms with Crippen molar-refractivity contribution in [3.8, 4) is 0 Å². The molecular weight excluding hydrogens is 344 g/mol. The summed E-state index contributed by atoms with van der Waals surface area (Å²) in [6.45, 7) is 4.93. The molecule has 1 aromatic carbocycles. The summed E-state index contributed by atoms with van der Waals surface area (Å²) in [5.74, 6) is 0. The molecule has 3 rings (SSSR count). The van der Waals surface area contributed by atoms with Crippen LogP contribution in [0.15, 0.2) is 46.2 Å². The zero-order valence-corrected chi connectivity index (χ0v) is 15.8. The monoisotopic (exact) mass is 370 g/mol. The SMILES string of the molecule is CCn1c(=O)n(CCCCC(C)O)c(=O)c2c1ncn2Cc1ccccc1. The van der Waals surface area contributed by atoms with Crippen LogP contribution >= 0.6 is 0 Å². The molecule has 0 bridgehead atoms. The van der Waals surface area contributed by atoms with E-state index in [1.54, 1.807) is 17.8 Å². The number of aryl methyl sites for hydroxylation is 1. The van der Waals surface area contributed by atoms with Crippen LogP contribution in [0.25, 0.3) is 11.2 Å². The first kappa shape index (κ1) is 19.1. The van der Waals surface area contributed by atoms with E-state index in [9.17, 15) is 14.7 Å². The molecule has 0 radical (unpaired) electrons. The van der Waals surface area contributed by atoms with Crippen molar-refractivity contribution in [2.24, 2.45) is 0 Å². The Morgan fingerprint density at radius 2 is 1.85 bits per heavy atom. The second kappa shape index (κ2) is 8.35. The lowest BCUT2D eigenvalue weighted by atomic mass is 10.2. The fourth-order valence-electron chi connectivity index (χ4n) is 3.33. The van der Waals surface area contributed by atoms with Gasteiger partial charge in [-0.15, -0.1) is 0 Å². The van der Waals surface area contributed by atoms with Crippen molar-refractivity contribution in [1.82, 2.24) is 18.7 Å². The fourth-order valence-corrected chi connectivity index (χ4v) is 3.33. The van der Waals surface area contributed by atoms with Crippen molar-refractivity contribution in [3.63, 3.8) is 0 Å². The first-order valence-electron chi connectivity index (χ1n) is 9.43. The lowest BCUT2D eigenvalue weighted by Gasteiger charge is -2.11. The van der Waals surface area contributed by atoms with Gasteiger partial charge in [-0.3, -0.25) is 13.9 Å². The predicted octanol–water partition coefficient (Wildman–Crippen LogP) is 1.98. The van der Waals surface area contributed by atoms with E-state index in [4.69, 9.17) is 0 Å². The number of nitrogens with zero attached hydrogens (tertiary/aromatic N) is 4. The summed E-state index contributed by atoms with van der Waals surface area (Å²) in [5.41, 5.74) is 1.33. The normalized spacial score (nSPS) is 12.6. The number of hydrogen-bond donors (Lipinski definition) is 1. The number of imidazole rings is 1. The van der Waals surface area contributed by atoms with E-state index in [2.05, 4.69) is 4.98 Å². The van der Waals surface area contributed by atoms with Crippen LogP contribution in [0.5, 0.6) is 0 Å². The summed E-state index contributed by atoms with van der Waals surface area (Å²) < 4.78 is 4.66. The second-order valence-corrected chi connectivity index (χ2v) is 6.86. The number of benzene rings is 1. The number of aliphatic hydroxyl groups excluding tert-OH is 1. The third-order valence-corrected chi connectivity index (χ3v) is 4.75. The maximum atomic E-state index is 13.1. The van der Waals surface area contributed by atoms with Gasteiger partial charge in [0.25, 0.3) is 5.56 Å². The van der Waals surface area contributed by atoms with E-state index in [0.717, 1.165) is 12.0 Å². The van der Waals surface area contributed by atoms with Crippen molar-refractivity contribution >= 4 is 11.2 Å². The predicted molar refractivity (Wildman–Crippen MR) is 105 cm³/mol. The van der Waals surface area contributed by atoms with E-state index < -0.39 is 0 Å². The van der Waals surface area contributed by atoms with E-state index in [0.29, 0.717) is 43.6 Å². The molecule has 0 saturated heterocycles. The van der Waals surface area contributed by atoms with Gasteiger partial charge in [0.15, 0.2) is 11.2 Å². The minimum atomic E-state index is -0.371. The molecule has 7 heteroatoms. The number of unbranched alkanes of at least 4 members (excludes halogenated alkanes) is 1. The average molecular weight is 370 g/mol. The molecule has 1 N–H and O–H groups in total. The molecular formula is C20H26N4O3. The highest BCUT2D eigenvalue weighted by Gasteiger charge is 2.17. The average Bonchev–Trinajstić information content (AvgIpc) is 3.05. The van der Waals surface area contributed by atoms with Gasteiger partial charge in [-0.1, -0.05) is 30.3 Å². The van der Waals surface area contributed by atoms with Crippen molar-refractivity contribution in [1.29, 1.82) is 0 Å². The van der Waals surface area contributed by atoms with Gasteiger partial charge in [0.1, 0.15) is 0 Å². The summed E-state index contributed by atoms with van der Waals surface area (Å²) >= 11 is 0. The highest BCUT2D eigenvalue weighted by molar-refractivity contribution is 5.70. The minimum Gasteiger partial charge on any atom is -0.393 e. The van der Waals surface area contributed by atoms with Crippen molar-refractivity contribution in [2.45, 2.75) is 58.8 Å². The van der Waals surface area contributed by atoms with Crippen LogP contribution in [0, 0.1) is 0 Å². The van der Waals surface area contributed by atoms with Crippen LogP contribution in [0.3, 0.4) is 0 Å². The van der Waals surface area contributed by atoms with Gasteiger partial charge in [-0.25, -0.2) is 9.78 Å². The Bertz CT molecular complexity index is 1020. The van der Waals surface area contributed by atoms with Gasteiger partial charge in [0.2, 0.25) is 0 Å². The summed E-state index contributed by atoms with van der Waals surface area (Å²) in [6, 6.07) is 9.85. The molecule has 2 heterocycles. The van der Waals surface area contributed by atoms with Gasteiger partial charge in [0.05, 0.1) is 12.4 Å². The van der Waals surface area contributed by atoms with Crippen LogP contribution in [-0.4, -0.2) is 29.9 Å². The van der Waals surface area contributed by atoms with Crippen LogP contribution in [0.2, 0.25) is 0 Å². The van der Waals surface area contributed by atoms with Crippen molar-refractivity contribution in [2.75, 3.05) is 0 Å². The Morgan fingerprint density at radius 3 is 2.52 bits per heavy atom. The van der Waals surface area contributed by atoms with Crippen molar-refractivity contribution < 1.29 is 5.11 Å². The quantitative estimate of drug-likeness (QED) is 0.615. The van der Waals surface area contributed by atoms with Gasteiger partial charge in [-0.2, -0.15) is 0 Å². The first-order chi connectivity index (χ1) is 13.0. The zero-order valence-electron chi connectivity index (χ0n) is 15.8. The van der Waals surface area contributed by atoms with Crippen LogP contribution < -0.4 is 11.2 Å². The van der Waals surface area contributed by atoms with Crippen LogP contribution in [0.4, 0.5) is 0 Å². The highest BCUT2D eigenvalue weighted by atomic mass is 16.3. The molecule has 0 aliphatic carbocycles. The van der Waals surface area contributed by atoms with Crippen LogP contribution in [0.1, 0.15) is 38.7 Å². The van der Waals surface area contributed by atoms with E-state index in [1.165, 1.54) is 4.57 Å². The molecule has 0 spiro atoms. The molecule has 0 saturated carbocycles. The van der Waals surface area contributed by atoms with Gasteiger partial charge in [0, 0.05) is 19.6 Å². The summed E-state index contributed by atoms with van der Waals surface area (Å²) in [7, 11) is 0. The molecule has 1 unspecified atom stereocenters. The molecule has 144 valence electrons. The summed E-state index contributed by atoms with van der Waals surface area (Å²) in [5, 5.41) is 9.39. The molecule has 27 heavy (non-hydrogen) atoms. The van der Waals surface area contributed by atoms with Gasteiger partial charge in [-0.05, 0) is 38.7 Å². The highest BCUT2D eigenvalue weighted by Crippen LogP contribution is 2.11. The van der Waals surface area contributed by atoms with E-state index in [1.807, 2.05) is 41.8 Å². The Hall–Kier alpha value is -2.67. The number of fused-ring (bicyclic) bond motifs is 1. The standard InChI is InChI=1S/C20H26N4O3/c1-3-23-18-17(22(14-21-18)13-16-10-5-4-6-11-16)19(26)24(20(23)27)12-8-7-9-15(2)25/h4-6,10-11,14-15,25H,3,7-9,12-13H2,1-2H3. The molecule has 2 aromatic heterocycles. The third-order valence-electron chi connectivity index (χ3n) is 4.75. The fraction of sp³-hybridized carbons (Fsp3) is 0.450. The topological polar surface area (TPSA) is 82.0 Å². The zero-order chi connectivity index (χ0) is 19.4. The molecule has 3 aromatic rings. The molecule has 0 aliphatic rings. The van der Waals surface area contributed by atoms with Crippen molar-refractivity contribution in [3.05, 3.63) is 63.1 Å². The summed E-state index contributed by atoms with van der Waals surface area (Å²) in [6.07, 6.45) is 3.34. The lowest BCUT2D eigenvalue weighted by molar-refractivity contribution is 0.180. The Balaban J connectivity index is 2.01. The number of rotatable bonds is 8. The Kier molecular flexibility index (Phi) is 5.91. The minimum absolute atomic E-state index is 0.301. The lowest BCUT2D eigenvalue weighted by Crippen LogP contribution is -2.40. The second-order valence-electron chi connectivity index (χ2n) is 6.86. The maximum Gasteiger partial charge on any atom is 0.332 e. The van der Waals surface area contributed by atoms with E-state index in [-0.39, 0.29) is 17.4 Å². The summed E-state index contributed by atoms with van der Waals surface area (Å²) in [4.78, 5) is 30.2. The molecule has 0 fully saturated rings. The molecule has 7 nitrogen and oxygen atoms in total. The van der Waals surface area contributed by atoms with Gasteiger partial charge < -0.3 is 9.67 Å². The Labute approximate surface area is 157 Å². The smallest absolute Gasteiger partial charge is 0.332 e. The number of aliphatic hydroxyl groups is 1. The number of hydrogen-bond acceptors (Lipinski definition) is 4.